The van der Waals surface area contributed by atoms with Gasteiger partial charge in [-0.05, 0) is 35.7 Å². The minimum absolute atomic E-state index is 0.0279. The molecule has 0 spiro atoms. The zero-order valence-corrected chi connectivity index (χ0v) is 17.1. The number of hydrogen-bond donors (Lipinski definition) is 1. The summed E-state index contributed by atoms with van der Waals surface area (Å²) in [5.41, 5.74) is 3.28. The highest BCUT2D eigenvalue weighted by Gasteiger charge is 2.13. The lowest BCUT2D eigenvalue weighted by Crippen LogP contribution is -2.28. The molecular weight excluding hydrogens is 350 g/mol. The van der Waals surface area contributed by atoms with E-state index in [1.54, 1.807) is 0 Å². The average molecular weight is 380 g/mol. The van der Waals surface area contributed by atoms with Crippen LogP contribution in [-0.2, 0) is 17.9 Å². The molecule has 0 fully saturated rings. The van der Waals surface area contributed by atoms with E-state index in [-0.39, 0.29) is 11.8 Å². The van der Waals surface area contributed by atoms with Crippen molar-refractivity contribution in [1.82, 2.24) is 14.9 Å². The molecule has 1 aromatic heterocycles. The van der Waals surface area contributed by atoms with Crippen molar-refractivity contribution in [2.24, 2.45) is 5.92 Å². The van der Waals surface area contributed by atoms with Crippen LogP contribution >= 0.6 is 0 Å². The third-order valence-corrected chi connectivity index (χ3v) is 4.81. The summed E-state index contributed by atoms with van der Waals surface area (Å²) in [5, 5.41) is 2.96. The first kappa shape index (κ1) is 19.9. The predicted molar refractivity (Wildman–Crippen MR) is 112 cm³/mol. The summed E-state index contributed by atoms with van der Waals surface area (Å²) in [6.45, 7) is 9.74. The minimum atomic E-state index is -0.0463. The van der Waals surface area contributed by atoms with Gasteiger partial charge in [0.15, 0.2) is 0 Å². The van der Waals surface area contributed by atoms with E-state index in [4.69, 9.17) is 9.72 Å². The predicted octanol–water partition coefficient (Wildman–Crippen LogP) is 4.51. The van der Waals surface area contributed by atoms with Gasteiger partial charge >= 0.3 is 0 Å². The van der Waals surface area contributed by atoms with Crippen LogP contribution in [0, 0.1) is 5.92 Å². The molecular formula is C23H29N3O2. The van der Waals surface area contributed by atoms with Crippen molar-refractivity contribution in [1.29, 1.82) is 0 Å². The molecule has 0 bridgehead atoms. The van der Waals surface area contributed by atoms with Gasteiger partial charge in [-0.15, -0.1) is 0 Å². The minimum Gasteiger partial charge on any atom is -0.492 e. The lowest BCUT2D eigenvalue weighted by molar-refractivity contribution is -0.124. The van der Waals surface area contributed by atoms with Crippen molar-refractivity contribution in [2.45, 2.75) is 46.7 Å². The summed E-state index contributed by atoms with van der Waals surface area (Å²) in [7, 11) is 0. The number of fused-ring (bicyclic) bond motifs is 1. The van der Waals surface area contributed by atoms with Gasteiger partial charge in [0.1, 0.15) is 18.2 Å². The number of aromatic nitrogens is 2. The van der Waals surface area contributed by atoms with Crippen LogP contribution in [0.5, 0.6) is 5.75 Å². The smallest absolute Gasteiger partial charge is 0.222 e. The van der Waals surface area contributed by atoms with Gasteiger partial charge in [-0.3, -0.25) is 4.79 Å². The second-order valence-corrected chi connectivity index (χ2v) is 7.61. The maximum atomic E-state index is 11.9. The normalized spacial score (nSPS) is 11.4. The maximum absolute atomic E-state index is 11.9. The highest BCUT2D eigenvalue weighted by Crippen LogP contribution is 2.19. The molecule has 0 unspecified atom stereocenters. The number of ether oxygens (including phenoxy) is 1. The second-order valence-electron chi connectivity index (χ2n) is 7.61. The Labute approximate surface area is 166 Å². The summed E-state index contributed by atoms with van der Waals surface area (Å²) in [6.07, 6.45) is 0. The van der Waals surface area contributed by atoms with Gasteiger partial charge in [-0.1, -0.05) is 52.0 Å². The van der Waals surface area contributed by atoms with Crippen LogP contribution in [0.2, 0.25) is 0 Å². The van der Waals surface area contributed by atoms with E-state index in [0.717, 1.165) is 22.6 Å². The molecule has 5 nitrogen and oxygen atoms in total. The Balaban J connectivity index is 1.70. The van der Waals surface area contributed by atoms with E-state index in [2.05, 4.69) is 35.9 Å². The SMILES string of the molecule is CC(C)C(=O)NCc1nc2ccccc2n1CCOc1ccc(C(C)C)cc1. The Hall–Kier alpha value is -2.82. The number of nitrogens with zero attached hydrogens (tertiary/aromatic N) is 2. The monoisotopic (exact) mass is 379 g/mol. The van der Waals surface area contributed by atoms with E-state index in [1.807, 2.05) is 50.2 Å². The fraction of sp³-hybridized carbons (Fsp3) is 0.391. The van der Waals surface area contributed by atoms with Crippen molar-refractivity contribution < 1.29 is 9.53 Å². The molecule has 0 aliphatic carbocycles. The fourth-order valence-electron chi connectivity index (χ4n) is 3.08. The highest BCUT2D eigenvalue weighted by molar-refractivity contribution is 5.78. The molecule has 148 valence electrons. The van der Waals surface area contributed by atoms with Gasteiger partial charge < -0.3 is 14.6 Å². The molecule has 3 rings (SSSR count). The molecule has 0 radical (unpaired) electrons. The van der Waals surface area contributed by atoms with Crippen molar-refractivity contribution in [3.63, 3.8) is 0 Å². The molecule has 5 heteroatoms. The fourth-order valence-corrected chi connectivity index (χ4v) is 3.08. The molecule has 2 aromatic carbocycles. The summed E-state index contributed by atoms with van der Waals surface area (Å²) < 4.78 is 8.07. The Bertz CT molecular complexity index is 927. The van der Waals surface area contributed by atoms with Crippen LogP contribution in [0.4, 0.5) is 0 Å². The molecule has 0 saturated heterocycles. The number of carbonyl (C=O) groups is 1. The Kier molecular flexibility index (Phi) is 6.34. The van der Waals surface area contributed by atoms with Crippen molar-refractivity contribution >= 4 is 16.9 Å². The molecule has 1 heterocycles. The number of hydrogen-bond acceptors (Lipinski definition) is 3. The van der Waals surface area contributed by atoms with Gasteiger partial charge in [-0.2, -0.15) is 0 Å². The van der Waals surface area contributed by atoms with Crippen molar-refractivity contribution in [2.75, 3.05) is 6.61 Å². The standard InChI is InChI=1S/C23H29N3O2/c1-16(2)18-9-11-19(12-10-18)28-14-13-26-21-8-6-5-7-20(21)25-22(26)15-24-23(27)17(3)4/h5-12,16-17H,13-15H2,1-4H3,(H,24,27). The topological polar surface area (TPSA) is 56.2 Å². The van der Waals surface area contributed by atoms with E-state index in [1.165, 1.54) is 5.56 Å². The Morgan fingerprint density at radius 1 is 1.07 bits per heavy atom. The van der Waals surface area contributed by atoms with Crippen molar-refractivity contribution in [3.8, 4) is 5.75 Å². The van der Waals surface area contributed by atoms with E-state index >= 15 is 0 Å². The van der Waals surface area contributed by atoms with Gasteiger partial charge in [0.05, 0.1) is 24.1 Å². The summed E-state index contributed by atoms with van der Waals surface area (Å²) in [6, 6.07) is 16.3. The lowest BCUT2D eigenvalue weighted by atomic mass is 10.0. The largest absolute Gasteiger partial charge is 0.492 e. The summed E-state index contributed by atoms with van der Waals surface area (Å²) in [5.74, 6) is 2.20. The first-order valence-corrected chi connectivity index (χ1v) is 9.90. The van der Waals surface area contributed by atoms with Crippen molar-refractivity contribution in [3.05, 3.63) is 59.9 Å². The first-order valence-electron chi connectivity index (χ1n) is 9.90. The van der Waals surface area contributed by atoms with Crippen LogP contribution < -0.4 is 10.1 Å². The van der Waals surface area contributed by atoms with Crippen LogP contribution in [0.25, 0.3) is 11.0 Å². The number of imidazole rings is 1. The van der Waals surface area contributed by atoms with E-state index in [9.17, 15) is 4.79 Å². The molecule has 28 heavy (non-hydrogen) atoms. The van der Waals surface area contributed by atoms with E-state index < -0.39 is 0 Å². The average Bonchev–Trinajstić information content (AvgIpc) is 3.04. The van der Waals surface area contributed by atoms with Crippen LogP contribution in [-0.4, -0.2) is 22.1 Å². The maximum Gasteiger partial charge on any atom is 0.222 e. The first-order chi connectivity index (χ1) is 13.5. The Morgan fingerprint density at radius 3 is 2.46 bits per heavy atom. The highest BCUT2D eigenvalue weighted by atomic mass is 16.5. The second kappa shape index (κ2) is 8.91. The number of amides is 1. The zero-order valence-electron chi connectivity index (χ0n) is 17.1. The van der Waals surface area contributed by atoms with Gasteiger partial charge in [0.25, 0.3) is 0 Å². The summed E-state index contributed by atoms with van der Waals surface area (Å²) >= 11 is 0. The molecule has 0 aliphatic heterocycles. The number of carbonyl (C=O) groups excluding carboxylic acids is 1. The quantitative estimate of drug-likeness (QED) is 0.626. The molecule has 3 aromatic rings. The van der Waals surface area contributed by atoms with E-state index in [0.29, 0.717) is 25.6 Å². The van der Waals surface area contributed by atoms with Gasteiger partial charge in [0.2, 0.25) is 5.91 Å². The van der Waals surface area contributed by atoms with Crippen LogP contribution in [0.3, 0.4) is 0 Å². The Morgan fingerprint density at radius 2 is 1.79 bits per heavy atom. The van der Waals surface area contributed by atoms with Crippen LogP contribution in [0.15, 0.2) is 48.5 Å². The molecule has 0 atom stereocenters. The zero-order chi connectivity index (χ0) is 20.1. The molecule has 1 N–H and O–H groups in total. The summed E-state index contributed by atoms with van der Waals surface area (Å²) in [4.78, 5) is 16.6. The number of rotatable bonds is 8. The number of benzene rings is 2. The third-order valence-electron chi connectivity index (χ3n) is 4.81. The number of para-hydroxylation sites is 2. The van der Waals surface area contributed by atoms with Crippen LogP contribution in [0.1, 0.15) is 45.0 Å². The lowest BCUT2D eigenvalue weighted by Gasteiger charge is -2.13. The van der Waals surface area contributed by atoms with Gasteiger partial charge in [0, 0.05) is 5.92 Å². The molecule has 1 amide bonds. The molecule has 0 aliphatic rings. The van der Waals surface area contributed by atoms with Gasteiger partial charge in [-0.25, -0.2) is 4.98 Å². The molecule has 0 saturated carbocycles. The third kappa shape index (κ3) is 4.71. The number of nitrogens with one attached hydrogen (secondary N) is 1.